The molecule has 1 aliphatic heterocycles. The lowest BCUT2D eigenvalue weighted by molar-refractivity contribution is -0.117. The topological polar surface area (TPSA) is 105 Å². The molecule has 0 unspecified atom stereocenters. The van der Waals surface area contributed by atoms with E-state index in [1.807, 2.05) is 63.2 Å². The van der Waals surface area contributed by atoms with Crippen LogP contribution in [0.4, 0.5) is 10.6 Å². The lowest BCUT2D eigenvalue weighted by atomic mass is 9.90. The van der Waals surface area contributed by atoms with Crippen LogP contribution in [0.1, 0.15) is 62.4 Å². The molecule has 1 aromatic carbocycles. The number of carbonyl (C=O) groups is 2. The van der Waals surface area contributed by atoms with Gasteiger partial charge in [-0.15, -0.1) is 0 Å². The van der Waals surface area contributed by atoms with E-state index in [9.17, 15) is 9.59 Å². The highest BCUT2D eigenvalue weighted by molar-refractivity contribution is 5.87. The molecule has 4 N–H and O–H groups in total. The molecule has 4 rings (SSSR count). The van der Waals surface area contributed by atoms with Crippen LogP contribution in [-0.4, -0.2) is 64.7 Å². The smallest absolute Gasteiger partial charge is 0.319 e. The molecule has 0 bridgehead atoms. The summed E-state index contributed by atoms with van der Waals surface area (Å²) in [5.74, 6) is 0.662. The predicted molar refractivity (Wildman–Crippen MR) is 141 cm³/mol. The second-order valence-electron chi connectivity index (χ2n) is 10.7. The number of nitrogens with zero attached hydrogens (tertiary/aromatic N) is 3. The zero-order valence-corrected chi connectivity index (χ0v) is 21.8. The van der Waals surface area contributed by atoms with Crippen molar-refractivity contribution in [3.63, 3.8) is 0 Å². The van der Waals surface area contributed by atoms with Crippen LogP contribution < -0.4 is 16.0 Å². The quantitative estimate of drug-likeness (QED) is 0.421. The molecule has 1 aliphatic carbocycles. The fourth-order valence-electron chi connectivity index (χ4n) is 5.38. The van der Waals surface area contributed by atoms with Crippen molar-refractivity contribution in [3.05, 3.63) is 59.8 Å². The number of carbonyl (C=O) groups excluding carboxylic acids is 2. The zero-order valence-electron chi connectivity index (χ0n) is 21.8. The lowest BCUT2D eigenvalue weighted by Crippen LogP contribution is -2.48. The summed E-state index contributed by atoms with van der Waals surface area (Å²) in [4.78, 5) is 29.3. The highest BCUT2D eigenvalue weighted by Gasteiger charge is 2.44. The summed E-state index contributed by atoms with van der Waals surface area (Å²) >= 11 is 0. The van der Waals surface area contributed by atoms with E-state index in [1.165, 1.54) is 6.08 Å². The van der Waals surface area contributed by atoms with E-state index in [4.69, 9.17) is 0 Å². The van der Waals surface area contributed by atoms with Gasteiger partial charge in [-0.05, 0) is 65.3 Å². The van der Waals surface area contributed by atoms with Crippen LogP contribution in [0.2, 0.25) is 0 Å². The van der Waals surface area contributed by atoms with Crippen LogP contribution in [-0.2, 0) is 16.9 Å². The molecule has 194 valence electrons. The molecular weight excluding hydrogens is 454 g/mol. The first kappa shape index (κ1) is 25.8. The van der Waals surface area contributed by atoms with Crippen LogP contribution in [0.25, 0.3) is 0 Å². The minimum atomic E-state index is -0.529. The average molecular weight is 494 g/mol. The number of rotatable bonds is 8. The molecular formula is C27H39N7O2. The number of H-pyrrole nitrogens is 1. The molecule has 0 spiro atoms. The van der Waals surface area contributed by atoms with Crippen LogP contribution in [0.15, 0.2) is 43.0 Å². The maximum absolute atomic E-state index is 13.6. The maximum atomic E-state index is 13.6. The number of amides is 3. The third-order valence-corrected chi connectivity index (χ3v) is 7.31. The molecule has 1 saturated carbocycles. The second-order valence-corrected chi connectivity index (χ2v) is 10.7. The lowest BCUT2D eigenvalue weighted by Gasteiger charge is -2.34. The minimum Gasteiger partial charge on any atom is -0.366 e. The van der Waals surface area contributed by atoms with Crippen molar-refractivity contribution in [2.45, 2.75) is 69.7 Å². The third kappa shape index (κ3) is 5.56. The monoisotopic (exact) mass is 493 g/mol. The Morgan fingerprint density at radius 1 is 1.25 bits per heavy atom. The zero-order chi connectivity index (χ0) is 25.9. The van der Waals surface area contributed by atoms with Gasteiger partial charge in [-0.3, -0.25) is 9.89 Å². The number of hydrogen-bond acceptors (Lipinski definition) is 5. The van der Waals surface area contributed by atoms with Crippen molar-refractivity contribution < 1.29 is 9.59 Å². The Morgan fingerprint density at radius 3 is 2.67 bits per heavy atom. The summed E-state index contributed by atoms with van der Waals surface area (Å²) in [5.41, 5.74) is 2.53. The van der Waals surface area contributed by atoms with E-state index in [-0.39, 0.29) is 30.1 Å². The molecule has 0 saturated heterocycles. The first-order valence-electron chi connectivity index (χ1n) is 12.7. The van der Waals surface area contributed by atoms with E-state index in [0.29, 0.717) is 13.1 Å². The highest BCUT2D eigenvalue weighted by Crippen LogP contribution is 2.41. The summed E-state index contributed by atoms with van der Waals surface area (Å²) in [5, 5.41) is 17.6. The molecule has 0 radical (unpaired) electrons. The third-order valence-electron chi connectivity index (χ3n) is 7.31. The standard InChI is InChI=1S/C27H39N7O2/c1-6-23(35)28-19-13-10-14-20(15-19)29-25-21-16-34(27(2,3)24(21)31-32-25)26(36)30-22(17-33(4)5)18-11-8-7-9-12-18/h6-9,11-12,19-20,22H,1,10,13-17H2,2-5H3,(H,28,35)(H,30,36)(H2,29,31,32)/t19-,20+,22+/m0/s1. The summed E-state index contributed by atoms with van der Waals surface area (Å²) in [6, 6.07) is 10.2. The summed E-state index contributed by atoms with van der Waals surface area (Å²) in [7, 11) is 4.02. The molecule has 1 aromatic heterocycles. The van der Waals surface area contributed by atoms with Crippen LogP contribution in [0, 0.1) is 0 Å². The summed E-state index contributed by atoms with van der Waals surface area (Å²) in [6.45, 7) is 8.82. The number of aromatic nitrogens is 2. The summed E-state index contributed by atoms with van der Waals surface area (Å²) in [6.07, 6.45) is 5.16. The number of aromatic amines is 1. The number of nitrogens with one attached hydrogen (secondary N) is 4. The SMILES string of the molecule is C=CC(=O)N[C@H]1CCC[C@@H](Nc2n[nH]c3c2CN(C(=O)N[C@H](CN(C)C)c2ccccc2)C3(C)C)C1. The molecule has 9 nitrogen and oxygen atoms in total. The number of anilines is 1. The predicted octanol–water partition coefficient (Wildman–Crippen LogP) is 3.50. The molecule has 2 aromatic rings. The van der Waals surface area contributed by atoms with Gasteiger partial charge in [-0.2, -0.15) is 5.10 Å². The number of benzene rings is 1. The van der Waals surface area contributed by atoms with Gasteiger partial charge in [0.1, 0.15) is 0 Å². The van der Waals surface area contributed by atoms with Gasteiger partial charge in [0.2, 0.25) is 5.91 Å². The van der Waals surface area contributed by atoms with Gasteiger partial charge in [0.05, 0.1) is 23.8 Å². The molecule has 2 heterocycles. The molecule has 3 atom stereocenters. The van der Waals surface area contributed by atoms with Crippen molar-refractivity contribution in [1.29, 1.82) is 0 Å². The molecule has 3 amide bonds. The van der Waals surface area contributed by atoms with E-state index in [0.717, 1.165) is 48.3 Å². The maximum Gasteiger partial charge on any atom is 0.319 e. The normalized spacial score (nSPS) is 21.5. The fraction of sp³-hybridized carbons (Fsp3) is 0.519. The van der Waals surface area contributed by atoms with Crippen molar-refractivity contribution >= 4 is 17.8 Å². The Bertz CT molecular complexity index is 1080. The Labute approximate surface area is 213 Å². The first-order valence-corrected chi connectivity index (χ1v) is 12.7. The Morgan fingerprint density at radius 2 is 1.97 bits per heavy atom. The Kier molecular flexibility index (Phi) is 7.68. The first-order chi connectivity index (χ1) is 17.2. The molecule has 9 heteroatoms. The van der Waals surface area contributed by atoms with Gasteiger partial charge in [0.15, 0.2) is 5.82 Å². The highest BCUT2D eigenvalue weighted by atomic mass is 16.2. The number of fused-ring (bicyclic) bond motifs is 1. The van der Waals surface area contributed by atoms with Crippen LogP contribution in [0.5, 0.6) is 0 Å². The van der Waals surface area contributed by atoms with Gasteiger partial charge >= 0.3 is 6.03 Å². The van der Waals surface area contributed by atoms with Crippen molar-refractivity contribution in [2.24, 2.45) is 0 Å². The minimum absolute atomic E-state index is 0.101. The van der Waals surface area contributed by atoms with Gasteiger partial charge in [-0.25, -0.2) is 4.79 Å². The molecule has 2 aliphatic rings. The Hall–Kier alpha value is -3.33. The van der Waals surface area contributed by atoms with Gasteiger partial charge in [-0.1, -0.05) is 36.9 Å². The largest absolute Gasteiger partial charge is 0.366 e. The van der Waals surface area contributed by atoms with Gasteiger partial charge < -0.3 is 25.8 Å². The number of hydrogen-bond donors (Lipinski definition) is 4. The summed E-state index contributed by atoms with van der Waals surface area (Å²) < 4.78 is 0. The van der Waals surface area contributed by atoms with Crippen LogP contribution >= 0.6 is 0 Å². The number of likely N-dealkylation sites (N-methyl/N-ethyl adjacent to an activating group) is 1. The van der Waals surface area contributed by atoms with Crippen molar-refractivity contribution in [2.75, 3.05) is 26.0 Å². The van der Waals surface area contributed by atoms with E-state index < -0.39 is 5.54 Å². The molecule has 1 fully saturated rings. The van der Waals surface area contributed by atoms with E-state index in [1.54, 1.807) is 0 Å². The number of urea groups is 1. The van der Waals surface area contributed by atoms with Gasteiger partial charge in [0.25, 0.3) is 0 Å². The Balaban J connectivity index is 1.46. The van der Waals surface area contributed by atoms with Crippen molar-refractivity contribution in [1.82, 2.24) is 30.6 Å². The van der Waals surface area contributed by atoms with Crippen molar-refractivity contribution in [3.8, 4) is 0 Å². The average Bonchev–Trinajstić information content (AvgIpc) is 3.36. The van der Waals surface area contributed by atoms with Gasteiger partial charge in [0, 0.05) is 24.2 Å². The van der Waals surface area contributed by atoms with E-state index in [2.05, 4.69) is 37.6 Å². The molecule has 36 heavy (non-hydrogen) atoms. The van der Waals surface area contributed by atoms with Crippen LogP contribution in [0.3, 0.4) is 0 Å². The second kappa shape index (κ2) is 10.7. The fourth-order valence-corrected chi connectivity index (χ4v) is 5.38. The van der Waals surface area contributed by atoms with E-state index >= 15 is 0 Å².